The molecule has 0 spiro atoms. The molecule has 0 atom stereocenters. The van der Waals surface area contributed by atoms with Gasteiger partial charge in [0.25, 0.3) is 0 Å². The molecule has 3 aromatic heterocycles. The monoisotopic (exact) mass is 438 g/mol. The van der Waals surface area contributed by atoms with E-state index in [2.05, 4.69) is 75.8 Å². The standard InChI is InChI=1S/C26H26N6O/c1-18-13-24(33-3)19(2)12-22(18)23-17-32-7-6-21(14-26(32)29-23)30-8-10-31(11-9-30)25-5-4-20(15-27)16-28-25/h4-7,12-14,16-17H,8-11H2,1-3H3. The number of hydrogen-bond donors (Lipinski definition) is 0. The zero-order valence-electron chi connectivity index (χ0n) is 19.1. The second-order valence-corrected chi connectivity index (χ2v) is 8.40. The van der Waals surface area contributed by atoms with Gasteiger partial charge >= 0.3 is 0 Å². The van der Waals surface area contributed by atoms with Gasteiger partial charge in [0.05, 0.1) is 18.4 Å². The van der Waals surface area contributed by atoms with Crippen molar-refractivity contribution in [2.45, 2.75) is 13.8 Å². The Labute approximate surface area is 193 Å². The minimum Gasteiger partial charge on any atom is -0.496 e. The lowest BCUT2D eigenvalue weighted by atomic mass is 10.0. The lowest BCUT2D eigenvalue weighted by Crippen LogP contribution is -2.46. The largest absolute Gasteiger partial charge is 0.496 e. The number of nitrogens with zero attached hydrogens (tertiary/aromatic N) is 6. The third kappa shape index (κ3) is 3.96. The number of fused-ring (bicyclic) bond motifs is 1. The second-order valence-electron chi connectivity index (χ2n) is 8.40. The first-order chi connectivity index (χ1) is 16.1. The molecule has 1 fully saturated rings. The van der Waals surface area contributed by atoms with Crippen molar-refractivity contribution in [1.82, 2.24) is 14.4 Å². The number of pyridine rings is 2. The number of methoxy groups -OCH3 is 1. The number of piperazine rings is 1. The van der Waals surface area contributed by atoms with Crippen LogP contribution in [0, 0.1) is 25.2 Å². The van der Waals surface area contributed by atoms with Crippen molar-refractivity contribution >= 4 is 17.2 Å². The van der Waals surface area contributed by atoms with Crippen LogP contribution < -0.4 is 14.5 Å². The van der Waals surface area contributed by atoms with Crippen molar-refractivity contribution in [2.75, 3.05) is 43.1 Å². The summed E-state index contributed by atoms with van der Waals surface area (Å²) in [6.07, 6.45) is 5.81. The van der Waals surface area contributed by atoms with Gasteiger partial charge in [-0.15, -0.1) is 0 Å². The quantitative estimate of drug-likeness (QED) is 0.475. The van der Waals surface area contributed by atoms with Gasteiger partial charge in [-0.2, -0.15) is 5.26 Å². The summed E-state index contributed by atoms with van der Waals surface area (Å²) in [4.78, 5) is 14.0. The third-order valence-electron chi connectivity index (χ3n) is 6.31. The SMILES string of the molecule is COc1cc(C)c(-c2cn3ccc(N4CCN(c5ccc(C#N)cn5)CC4)cc3n2)cc1C. The van der Waals surface area contributed by atoms with Crippen LogP contribution in [0.1, 0.15) is 16.7 Å². The zero-order chi connectivity index (χ0) is 22.9. The fraction of sp³-hybridized carbons (Fsp3) is 0.269. The number of ether oxygens (including phenoxy) is 1. The molecule has 0 N–H and O–H groups in total. The highest BCUT2D eigenvalue weighted by atomic mass is 16.5. The molecule has 166 valence electrons. The Balaban J connectivity index is 1.34. The number of benzene rings is 1. The van der Waals surface area contributed by atoms with Gasteiger partial charge in [-0.3, -0.25) is 0 Å². The number of anilines is 2. The Morgan fingerprint density at radius 1 is 0.970 bits per heavy atom. The predicted octanol–water partition coefficient (Wildman–Crippen LogP) is 4.22. The van der Waals surface area contributed by atoms with E-state index in [1.54, 1.807) is 13.3 Å². The van der Waals surface area contributed by atoms with Crippen molar-refractivity contribution < 1.29 is 4.74 Å². The van der Waals surface area contributed by atoms with E-state index < -0.39 is 0 Å². The molecule has 4 aromatic rings. The van der Waals surface area contributed by atoms with Crippen LogP contribution in [0.2, 0.25) is 0 Å². The molecule has 1 aliphatic heterocycles. The van der Waals surface area contributed by atoms with Gasteiger partial charge in [0.15, 0.2) is 0 Å². The number of aromatic nitrogens is 3. The average molecular weight is 439 g/mol. The molecule has 0 aliphatic carbocycles. The molecule has 4 heterocycles. The van der Waals surface area contributed by atoms with Crippen LogP contribution in [-0.4, -0.2) is 47.7 Å². The number of imidazole rings is 1. The maximum Gasteiger partial charge on any atom is 0.139 e. The van der Waals surface area contributed by atoms with Crippen LogP contribution in [0.3, 0.4) is 0 Å². The summed E-state index contributed by atoms with van der Waals surface area (Å²) >= 11 is 0. The van der Waals surface area contributed by atoms with Crippen LogP contribution in [0.4, 0.5) is 11.5 Å². The average Bonchev–Trinajstić information content (AvgIpc) is 3.28. The maximum atomic E-state index is 8.97. The Kier molecular flexibility index (Phi) is 5.35. The number of rotatable bonds is 4. The van der Waals surface area contributed by atoms with Gasteiger partial charge in [-0.05, 0) is 55.3 Å². The Morgan fingerprint density at radius 2 is 1.76 bits per heavy atom. The fourth-order valence-corrected chi connectivity index (χ4v) is 4.42. The smallest absolute Gasteiger partial charge is 0.139 e. The minimum atomic E-state index is 0.588. The van der Waals surface area contributed by atoms with Crippen molar-refractivity contribution in [3.05, 3.63) is 71.7 Å². The first-order valence-electron chi connectivity index (χ1n) is 11.1. The van der Waals surface area contributed by atoms with E-state index >= 15 is 0 Å². The first kappa shape index (κ1) is 20.8. The molecule has 0 bridgehead atoms. The van der Waals surface area contributed by atoms with E-state index in [0.717, 1.165) is 65.8 Å². The molecule has 0 amide bonds. The van der Waals surface area contributed by atoms with Crippen molar-refractivity contribution in [3.63, 3.8) is 0 Å². The summed E-state index contributed by atoms with van der Waals surface area (Å²) in [7, 11) is 1.70. The summed E-state index contributed by atoms with van der Waals surface area (Å²) in [6, 6.07) is 14.4. The van der Waals surface area contributed by atoms with E-state index in [9.17, 15) is 0 Å². The van der Waals surface area contributed by atoms with E-state index in [1.165, 1.54) is 5.69 Å². The summed E-state index contributed by atoms with van der Waals surface area (Å²) in [5, 5.41) is 8.97. The maximum absolute atomic E-state index is 8.97. The third-order valence-corrected chi connectivity index (χ3v) is 6.31. The number of aryl methyl sites for hydroxylation is 2. The molecule has 0 radical (unpaired) electrons. The van der Waals surface area contributed by atoms with Crippen molar-refractivity contribution in [3.8, 4) is 23.1 Å². The highest BCUT2D eigenvalue weighted by Gasteiger charge is 2.19. The van der Waals surface area contributed by atoms with E-state index in [0.29, 0.717) is 5.56 Å². The van der Waals surface area contributed by atoms with Crippen molar-refractivity contribution in [2.24, 2.45) is 0 Å². The van der Waals surface area contributed by atoms with Crippen LogP contribution in [0.15, 0.2) is 55.0 Å². The van der Waals surface area contributed by atoms with Crippen molar-refractivity contribution in [1.29, 1.82) is 5.26 Å². The summed E-state index contributed by atoms with van der Waals surface area (Å²) in [5.74, 6) is 1.82. The van der Waals surface area contributed by atoms with Crippen LogP contribution in [-0.2, 0) is 0 Å². The van der Waals surface area contributed by atoms with Crippen LogP contribution in [0.5, 0.6) is 5.75 Å². The van der Waals surface area contributed by atoms with Gasteiger partial charge in [-0.25, -0.2) is 9.97 Å². The molecule has 5 rings (SSSR count). The second kappa shape index (κ2) is 8.47. The van der Waals surface area contributed by atoms with E-state index in [-0.39, 0.29) is 0 Å². The van der Waals surface area contributed by atoms with Gasteiger partial charge in [0, 0.05) is 62.1 Å². The molecule has 1 aromatic carbocycles. The minimum absolute atomic E-state index is 0.588. The normalized spacial score (nSPS) is 13.9. The lowest BCUT2D eigenvalue weighted by molar-refractivity contribution is 0.411. The molecule has 1 saturated heterocycles. The molecule has 7 heteroatoms. The highest BCUT2D eigenvalue weighted by Crippen LogP contribution is 2.30. The number of hydrogen-bond acceptors (Lipinski definition) is 6. The van der Waals surface area contributed by atoms with Crippen LogP contribution >= 0.6 is 0 Å². The van der Waals surface area contributed by atoms with Crippen LogP contribution in [0.25, 0.3) is 16.9 Å². The Morgan fingerprint density at radius 3 is 2.45 bits per heavy atom. The molecule has 0 saturated carbocycles. The number of nitriles is 1. The van der Waals surface area contributed by atoms with Gasteiger partial charge < -0.3 is 18.9 Å². The Hall–Kier alpha value is -4.05. The molecule has 33 heavy (non-hydrogen) atoms. The zero-order valence-corrected chi connectivity index (χ0v) is 19.1. The highest BCUT2D eigenvalue weighted by molar-refractivity contribution is 5.70. The van der Waals surface area contributed by atoms with Gasteiger partial charge in [0.1, 0.15) is 23.3 Å². The fourth-order valence-electron chi connectivity index (χ4n) is 4.42. The Bertz CT molecular complexity index is 1340. The molecule has 0 unspecified atom stereocenters. The molecular weight excluding hydrogens is 412 g/mol. The van der Waals surface area contributed by atoms with E-state index in [1.807, 2.05) is 12.1 Å². The van der Waals surface area contributed by atoms with Gasteiger partial charge in [-0.1, -0.05) is 0 Å². The molecular formula is C26H26N6O. The van der Waals surface area contributed by atoms with E-state index in [4.69, 9.17) is 15.0 Å². The summed E-state index contributed by atoms with van der Waals surface area (Å²) < 4.78 is 7.53. The summed E-state index contributed by atoms with van der Waals surface area (Å²) in [5.41, 5.74) is 7.04. The topological polar surface area (TPSA) is 69.7 Å². The summed E-state index contributed by atoms with van der Waals surface area (Å²) in [6.45, 7) is 7.73. The lowest BCUT2D eigenvalue weighted by Gasteiger charge is -2.36. The van der Waals surface area contributed by atoms with Gasteiger partial charge in [0.2, 0.25) is 0 Å². The molecule has 7 nitrogen and oxygen atoms in total. The predicted molar refractivity (Wildman–Crippen MR) is 130 cm³/mol. The molecule has 1 aliphatic rings. The first-order valence-corrected chi connectivity index (χ1v) is 11.1.